The third-order valence-electron chi connectivity index (χ3n) is 5.87. The molecule has 11 heteroatoms. The largest absolute Gasteiger partial charge is 0.394 e. The monoisotopic (exact) mass is 491 g/mol. The van der Waals surface area contributed by atoms with Crippen LogP contribution in [0.1, 0.15) is 19.4 Å². The van der Waals surface area contributed by atoms with Crippen molar-refractivity contribution in [2.45, 2.75) is 44.5 Å². The van der Waals surface area contributed by atoms with E-state index < -0.39 is 52.2 Å². The summed E-state index contributed by atoms with van der Waals surface area (Å²) in [6, 6.07) is 11.2. The van der Waals surface area contributed by atoms with Gasteiger partial charge in [0, 0.05) is 18.8 Å². The molecule has 1 saturated heterocycles. The van der Waals surface area contributed by atoms with Gasteiger partial charge in [-0.2, -0.15) is 9.98 Å². The molecule has 10 nitrogen and oxygen atoms in total. The number of aliphatic hydroxyl groups is 4. The Kier molecular flexibility index (Phi) is 8.27. The van der Waals surface area contributed by atoms with Gasteiger partial charge in [-0.05, 0) is 54.5 Å². The van der Waals surface area contributed by atoms with Gasteiger partial charge < -0.3 is 30.1 Å². The molecule has 0 bridgehead atoms. The molecular weight excluding hydrogens is 462 g/mol. The van der Waals surface area contributed by atoms with Gasteiger partial charge in [-0.3, -0.25) is 0 Å². The molecule has 184 valence electrons. The molecule has 1 aliphatic heterocycles. The van der Waals surface area contributed by atoms with E-state index in [9.17, 15) is 29.0 Å². The van der Waals surface area contributed by atoms with Gasteiger partial charge in [0.25, 0.3) is 10.0 Å². The van der Waals surface area contributed by atoms with Crippen molar-refractivity contribution in [3.63, 3.8) is 0 Å². The number of fused-ring (bicyclic) bond motifs is 1. The Morgan fingerprint density at radius 2 is 1.76 bits per heavy atom. The first-order valence-corrected chi connectivity index (χ1v) is 12.4. The Labute approximate surface area is 198 Å². The Bertz CT molecular complexity index is 1190. The number of sulfonamides is 1. The number of benzene rings is 2. The lowest BCUT2D eigenvalue weighted by molar-refractivity contribution is -0.251. The van der Waals surface area contributed by atoms with Crippen molar-refractivity contribution in [3.05, 3.63) is 46.9 Å². The summed E-state index contributed by atoms with van der Waals surface area (Å²) < 4.78 is 32.6. The minimum absolute atomic E-state index is 0.464. The van der Waals surface area contributed by atoms with Crippen molar-refractivity contribution in [1.82, 2.24) is 4.72 Å². The number of ether oxygens (including phenoxy) is 1. The second kappa shape index (κ2) is 10.8. The molecular formula is C23H29N3O7S. The fourth-order valence-corrected chi connectivity index (χ4v) is 5.07. The van der Waals surface area contributed by atoms with E-state index in [0.29, 0.717) is 5.56 Å². The Morgan fingerprint density at radius 3 is 2.38 bits per heavy atom. The van der Waals surface area contributed by atoms with E-state index in [1.165, 1.54) is 6.08 Å². The van der Waals surface area contributed by atoms with Crippen LogP contribution in [0, 0.1) is 11.3 Å². The maximum atomic E-state index is 12.8. The Hall–Kier alpha value is -2.56. The third-order valence-corrected chi connectivity index (χ3v) is 7.24. The summed E-state index contributed by atoms with van der Waals surface area (Å²) in [6.07, 6.45) is -5.36. The van der Waals surface area contributed by atoms with Crippen molar-refractivity contribution in [3.8, 4) is 6.07 Å². The van der Waals surface area contributed by atoms with E-state index in [4.69, 9.17) is 9.84 Å². The first kappa shape index (κ1) is 26.1. The number of aliphatic hydroxyl groups excluding tert-OH is 4. The second-order valence-corrected chi connectivity index (χ2v) is 9.64. The standard InChI is InChI=1S/C23H29N3O7S/c1-3-26(4-2)17-8-7-15-9-14(5-6-16(15)11-17)10-18(12-24)34(31,32)25-20-22(29)21(28)19(13-27)33-23(20)30/h5-11,19-23,25,27-30H,3-4,13H2,1-2H3/b18-10+/t19-,20-,21-,22-,23?/m1/s1. The highest BCUT2D eigenvalue weighted by Gasteiger charge is 2.45. The van der Waals surface area contributed by atoms with Crippen molar-refractivity contribution in [1.29, 1.82) is 5.26 Å². The smallest absolute Gasteiger partial charge is 0.251 e. The summed E-state index contributed by atoms with van der Waals surface area (Å²) in [7, 11) is -4.49. The van der Waals surface area contributed by atoms with Crippen LogP contribution in [0.3, 0.4) is 0 Å². The highest BCUT2D eigenvalue weighted by Crippen LogP contribution is 2.25. The van der Waals surface area contributed by atoms with Crippen LogP contribution < -0.4 is 9.62 Å². The van der Waals surface area contributed by atoms with Crippen molar-refractivity contribution in [2.24, 2.45) is 0 Å². The number of allylic oxidation sites excluding steroid dienone is 1. The maximum absolute atomic E-state index is 12.8. The fraction of sp³-hybridized carbons (Fsp3) is 0.435. The fourth-order valence-electron chi connectivity index (χ4n) is 3.92. The number of nitriles is 1. The predicted molar refractivity (Wildman–Crippen MR) is 127 cm³/mol. The van der Waals surface area contributed by atoms with Crippen LogP contribution in [0.15, 0.2) is 41.3 Å². The number of nitrogens with zero attached hydrogens (tertiary/aromatic N) is 2. The molecule has 0 amide bonds. The molecule has 1 heterocycles. The van der Waals surface area contributed by atoms with Crippen molar-refractivity contribution in [2.75, 3.05) is 24.6 Å². The molecule has 5 N–H and O–H groups in total. The SMILES string of the molecule is CCN(CC)c1ccc2cc(/C=C(\C#N)S(=O)(=O)N[C@H]3C(O)O[C@H](CO)[C@@H](O)[C@@H]3O)ccc2c1. The molecule has 2 aromatic rings. The molecule has 3 rings (SSSR count). The molecule has 34 heavy (non-hydrogen) atoms. The zero-order chi connectivity index (χ0) is 25.0. The van der Waals surface area contributed by atoms with Gasteiger partial charge in [0.2, 0.25) is 0 Å². The van der Waals surface area contributed by atoms with Crippen LogP contribution in [0.2, 0.25) is 0 Å². The predicted octanol–water partition coefficient (Wildman–Crippen LogP) is 0.270. The molecule has 0 aliphatic carbocycles. The lowest BCUT2D eigenvalue weighted by Crippen LogP contribution is -2.64. The number of hydrogen-bond acceptors (Lipinski definition) is 9. The van der Waals surface area contributed by atoms with E-state index in [1.54, 1.807) is 18.2 Å². The summed E-state index contributed by atoms with van der Waals surface area (Å²) in [5.41, 5.74) is 1.54. The average molecular weight is 492 g/mol. The average Bonchev–Trinajstić information content (AvgIpc) is 2.83. The van der Waals surface area contributed by atoms with Gasteiger partial charge >= 0.3 is 0 Å². The zero-order valence-electron chi connectivity index (χ0n) is 18.9. The van der Waals surface area contributed by atoms with Crippen molar-refractivity contribution >= 4 is 32.6 Å². The normalized spacial score (nSPS) is 25.8. The quantitative estimate of drug-likeness (QED) is 0.326. The molecule has 2 aromatic carbocycles. The van der Waals surface area contributed by atoms with Crippen LogP contribution in [0.25, 0.3) is 16.8 Å². The number of anilines is 1. The lowest BCUT2D eigenvalue weighted by Gasteiger charge is -2.40. The van der Waals surface area contributed by atoms with Gasteiger partial charge in [0.05, 0.1) is 6.61 Å². The van der Waals surface area contributed by atoms with E-state index in [2.05, 4.69) is 18.7 Å². The summed E-state index contributed by atoms with van der Waals surface area (Å²) in [4.78, 5) is 1.56. The molecule has 0 saturated carbocycles. The first-order chi connectivity index (χ1) is 16.1. The summed E-state index contributed by atoms with van der Waals surface area (Å²) >= 11 is 0. The van der Waals surface area contributed by atoms with Gasteiger partial charge in [-0.15, -0.1) is 0 Å². The van der Waals surface area contributed by atoms with E-state index in [1.807, 2.05) is 29.0 Å². The number of nitrogens with one attached hydrogen (secondary N) is 1. The second-order valence-electron chi connectivity index (χ2n) is 7.96. The Balaban J connectivity index is 1.87. The maximum Gasteiger partial charge on any atom is 0.251 e. The van der Waals surface area contributed by atoms with Gasteiger partial charge in [-0.25, -0.2) is 8.42 Å². The summed E-state index contributed by atoms with van der Waals surface area (Å²) in [6.45, 7) is 5.19. The van der Waals surface area contributed by atoms with E-state index in [-0.39, 0.29) is 0 Å². The van der Waals surface area contributed by atoms with Gasteiger partial charge in [-0.1, -0.05) is 18.2 Å². The molecule has 1 fully saturated rings. The first-order valence-electron chi connectivity index (χ1n) is 10.9. The Morgan fingerprint density at radius 1 is 1.12 bits per heavy atom. The van der Waals surface area contributed by atoms with Crippen LogP contribution in [-0.2, 0) is 14.8 Å². The van der Waals surface area contributed by atoms with Crippen molar-refractivity contribution < 1.29 is 33.6 Å². The zero-order valence-corrected chi connectivity index (χ0v) is 19.7. The van der Waals surface area contributed by atoms with Crippen LogP contribution in [0.4, 0.5) is 5.69 Å². The highest BCUT2D eigenvalue weighted by molar-refractivity contribution is 7.93. The highest BCUT2D eigenvalue weighted by atomic mass is 32.2. The number of rotatable bonds is 8. The third kappa shape index (κ3) is 5.39. The topological polar surface area (TPSA) is 163 Å². The molecule has 0 radical (unpaired) electrons. The van der Waals surface area contributed by atoms with E-state index >= 15 is 0 Å². The van der Waals surface area contributed by atoms with Crippen LogP contribution >= 0.6 is 0 Å². The lowest BCUT2D eigenvalue weighted by atomic mass is 9.98. The molecule has 0 spiro atoms. The molecule has 5 atom stereocenters. The van der Waals surface area contributed by atoms with E-state index in [0.717, 1.165) is 29.5 Å². The minimum atomic E-state index is -4.49. The van der Waals surface area contributed by atoms with Gasteiger partial charge in [0.1, 0.15) is 30.4 Å². The summed E-state index contributed by atoms with van der Waals surface area (Å²) in [5.74, 6) is 0. The van der Waals surface area contributed by atoms with Gasteiger partial charge in [0.15, 0.2) is 11.2 Å². The van der Waals surface area contributed by atoms with Crippen LogP contribution in [-0.4, -0.2) is 79.2 Å². The van der Waals surface area contributed by atoms with Crippen LogP contribution in [0.5, 0.6) is 0 Å². The molecule has 0 aromatic heterocycles. The summed E-state index contributed by atoms with van der Waals surface area (Å²) in [5, 5.41) is 50.7. The minimum Gasteiger partial charge on any atom is -0.394 e. The number of hydrogen-bond donors (Lipinski definition) is 5. The molecule has 1 unspecified atom stereocenters. The molecule has 1 aliphatic rings.